The molecule has 1 atom stereocenters. The highest BCUT2D eigenvalue weighted by Gasteiger charge is 2.20. The third-order valence-corrected chi connectivity index (χ3v) is 5.26. The van der Waals surface area contributed by atoms with Crippen LogP contribution in [0.15, 0.2) is 0 Å². The summed E-state index contributed by atoms with van der Waals surface area (Å²) in [5, 5.41) is -0.318. The maximum Gasteiger partial charge on any atom is 0.213 e. The molecule has 1 aliphatic rings. The van der Waals surface area contributed by atoms with Crippen molar-refractivity contribution in [3.8, 4) is 0 Å². The lowest BCUT2D eigenvalue weighted by atomic mass is 10.1. The van der Waals surface area contributed by atoms with Crippen molar-refractivity contribution in [1.82, 2.24) is 4.72 Å². The molecule has 1 heterocycles. The van der Waals surface area contributed by atoms with Gasteiger partial charge in [-0.25, -0.2) is 13.1 Å². The number of sulfonamides is 1. The molecule has 0 radical (unpaired) electrons. The Hall–Kier alpha value is 0.260. The van der Waals surface area contributed by atoms with E-state index in [1.54, 1.807) is 13.8 Å². The van der Waals surface area contributed by atoms with Crippen molar-refractivity contribution in [2.45, 2.75) is 25.5 Å². The Morgan fingerprint density at radius 2 is 2.23 bits per heavy atom. The third-order valence-electron chi connectivity index (χ3n) is 2.22. The molecule has 3 nitrogen and oxygen atoms in total. The van der Waals surface area contributed by atoms with Crippen LogP contribution in [0.25, 0.3) is 0 Å². The predicted molar refractivity (Wildman–Crippen MR) is 57.5 cm³/mol. The van der Waals surface area contributed by atoms with Crippen LogP contribution in [-0.2, 0) is 10.0 Å². The second kappa shape index (κ2) is 4.66. The third kappa shape index (κ3) is 3.48. The predicted octanol–water partition coefficient (Wildman–Crippen LogP) is 1.07. The van der Waals surface area contributed by atoms with Gasteiger partial charge in [0.25, 0.3) is 0 Å². The van der Waals surface area contributed by atoms with Gasteiger partial charge in [0, 0.05) is 6.54 Å². The fourth-order valence-corrected chi connectivity index (χ4v) is 3.23. The van der Waals surface area contributed by atoms with Crippen molar-refractivity contribution in [2.75, 3.05) is 18.1 Å². The van der Waals surface area contributed by atoms with Crippen molar-refractivity contribution in [2.24, 2.45) is 5.92 Å². The Labute approximate surface area is 84.7 Å². The molecule has 1 N–H and O–H groups in total. The van der Waals surface area contributed by atoms with Gasteiger partial charge < -0.3 is 0 Å². The van der Waals surface area contributed by atoms with E-state index >= 15 is 0 Å². The number of hydrogen-bond acceptors (Lipinski definition) is 3. The quantitative estimate of drug-likeness (QED) is 0.775. The van der Waals surface area contributed by atoms with E-state index in [4.69, 9.17) is 0 Å². The summed E-state index contributed by atoms with van der Waals surface area (Å²) in [6, 6.07) is 0. The van der Waals surface area contributed by atoms with E-state index in [1.807, 2.05) is 11.8 Å². The largest absolute Gasteiger partial charge is 0.215 e. The summed E-state index contributed by atoms with van der Waals surface area (Å²) >= 11 is 1.91. The molecular weight excluding hydrogens is 206 g/mol. The van der Waals surface area contributed by atoms with Crippen LogP contribution in [0.2, 0.25) is 0 Å². The summed E-state index contributed by atoms with van der Waals surface area (Å²) in [6.07, 6.45) is 1.14. The van der Waals surface area contributed by atoms with E-state index in [-0.39, 0.29) is 5.25 Å². The minimum Gasteiger partial charge on any atom is -0.215 e. The molecule has 1 fully saturated rings. The highest BCUT2D eigenvalue weighted by molar-refractivity contribution is 7.99. The molecule has 0 aromatic carbocycles. The van der Waals surface area contributed by atoms with E-state index in [1.165, 1.54) is 5.75 Å². The average molecular weight is 223 g/mol. The first-order valence-electron chi connectivity index (χ1n) is 4.58. The molecule has 0 aromatic heterocycles. The summed E-state index contributed by atoms with van der Waals surface area (Å²) in [5.74, 6) is 2.81. The summed E-state index contributed by atoms with van der Waals surface area (Å²) < 4.78 is 25.4. The lowest BCUT2D eigenvalue weighted by Crippen LogP contribution is -2.34. The molecule has 0 spiro atoms. The smallest absolute Gasteiger partial charge is 0.213 e. The molecule has 5 heteroatoms. The van der Waals surface area contributed by atoms with Gasteiger partial charge in [-0.15, -0.1) is 0 Å². The topological polar surface area (TPSA) is 46.2 Å². The van der Waals surface area contributed by atoms with E-state index in [2.05, 4.69) is 4.72 Å². The molecule has 1 aliphatic heterocycles. The SMILES string of the molecule is CC(C)S(=O)(=O)NCC1CCSC1. The molecule has 13 heavy (non-hydrogen) atoms. The summed E-state index contributed by atoms with van der Waals surface area (Å²) in [5.41, 5.74) is 0. The van der Waals surface area contributed by atoms with Crippen LogP contribution in [0.1, 0.15) is 20.3 Å². The molecule has 0 aromatic rings. The summed E-state index contributed by atoms with van der Waals surface area (Å²) in [4.78, 5) is 0. The number of thioether (sulfide) groups is 1. The molecular formula is C8H17NO2S2. The first-order valence-corrected chi connectivity index (χ1v) is 7.28. The highest BCUT2D eigenvalue weighted by Crippen LogP contribution is 2.22. The molecule has 78 valence electrons. The number of hydrogen-bond donors (Lipinski definition) is 1. The van der Waals surface area contributed by atoms with E-state index < -0.39 is 10.0 Å². The lowest BCUT2D eigenvalue weighted by molar-refractivity contribution is 0.540. The van der Waals surface area contributed by atoms with Crippen LogP contribution in [0, 0.1) is 5.92 Å². The molecule has 1 saturated heterocycles. The minimum absolute atomic E-state index is 0.318. The Bertz CT molecular complexity index is 243. The van der Waals surface area contributed by atoms with E-state index in [0.29, 0.717) is 12.5 Å². The van der Waals surface area contributed by atoms with Crippen LogP contribution < -0.4 is 4.72 Å². The van der Waals surface area contributed by atoms with E-state index in [0.717, 1.165) is 12.2 Å². The zero-order valence-electron chi connectivity index (χ0n) is 8.12. The first kappa shape index (κ1) is 11.3. The Morgan fingerprint density at radius 1 is 1.54 bits per heavy atom. The second-order valence-electron chi connectivity index (χ2n) is 3.67. The molecule has 1 unspecified atom stereocenters. The van der Waals surface area contributed by atoms with Gasteiger partial charge in [0.05, 0.1) is 5.25 Å². The van der Waals surface area contributed by atoms with Gasteiger partial charge in [0.15, 0.2) is 0 Å². The highest BCUT2D eigenvalue weighted by atomic mass is 32.2. The van der Waals surface area contributed by atoms with Crippen molar-refractivity contribution in [3.63, 3.8) is 0 Å². The minimum atomic E-state index is -3.04. The van der Waals surface area contributed by atoms with Gasteiger partial charge in [-0.05, 0) is 37.7 Å². The Balaban J connectivity index is 2.33. The van der Waals surface area contributed by atoms with Crippen molar-refractivity contribution < 1.29 is 8.42 Å². The fourth-order valence-electron chi connectivity index (χ4n) is 1.14. The zero-order chi connectivity index (χ0) is 9.90. The van der Waals surface area contributed by atoms with Gasteiger partial charge in [0.2, 0.25) is 10.0 Å². The normalized spacial score (nSPS) is 24.1. The second-order valence-corrected chi connectivity index (χ2v) is 7.14. The van der Waals surface area contributed by atoms with Crippen LogP contribution in [0.3, 0.4) is 0 Å². The van der Waals surface area contributed by atoms with Crippen LogP contribution in [0.5, 0.6) is 0 Å². The molecule has 1 rings (SSSR count). The van der Waals surface area contributed by atoms with Gasteiger partial charge in [0.1, 0.15) is 0 Å². The van der Waals surface area contributed by atoms with Crippen molar-refractivity contribution in [1.29, 1.82) is 0 Å². The standard InChI is InChI=1S/C8H17NO2S2/c1-7(2)13(10,11)9-5-8-3-4-12-6-8/h7-9H,3-6H2,1-2H3. The molecule has 0 amide bonds. The summed E-state index contributed by atoms with van der Waals surface area (Å²) in [7, 11) is -3.04. The Morgan fingerprint density at radius 3 is 2.69 bits per heavy atom. The van der Waals surface area contributed by atoms with Gasteiger partial charge in [-0.2, -0.15) is 11.8 Å². The first-order chi connectivity index (χ1) is 6.02. The molecule has 0 saturated carbocycles. The summed E-state index contributed by atoms with van der Waals surface area (Å²) in [6.45, 7) is 4.02. The van der Waals surface area contributed by atoms with E-state index in [9.17, 15) is 8.42 Å². The maximum absolute atomic E-state index is 11.4. The maximum atomic E-state index is 11.4. The van der Waals surface area contributed by atoms with Crippen molar-refractivity contribution >= 4 is 21.8 Å². The van der Waals surface area contributed by atoms with Gasteiger partial charge in [-0.3, -0.25) is 0 Å². The van der Waals surface area contributed by atoms with Crippen LogP contribution >= 0.6 is 11.8 Å². The van der Waals surface area contributed by atoms with Crippen LogP contribution in [0.4, 0.5) is 0 Å². The average Bonchev–Trinajstić information content (AvgIpc) is 2.52. The monoisotopic (exact) mass is 223 g/mol. The number of nitrogens with one attached hydrogen (secondary N) is 1. The fraction of sp³-hybridized carbons (Fsp3) is 1.00. The van der Waals surface area contributed by atoms with Gasteiger partial charge >= 0.3 is 0 Å². The Kier molecular flexibility index (Phi) is 4.06. The van der Waals surface area contributed by atoms with Gasteiger partial charge in [-0.1, -0.05) is 0 Å². The van der Waals surface area contributed by atoms with Crippen LogP contribution in [-0.4, -0.2) is 31.7 Å². The zero-order valence-corrected chi connectivity index (χ0v) is 9.75. The number of rotatable bonds is 4. The van der Waals surface area contributed by atoms with Crippen molar-refractivity contribution in [3.05, 3.63) is 0 Å². The molecule has 0 aliphatic carbocycles. The molecule has 0 bridgehead atoms. The lowest BCUT2D eigenvalue weighted by Gasteiger charge is -2.12.